The number of carbonyl (C=O) groups excluding carboxylic acids is 1. The molecule has 0 aliphatic carbocycles. The standard InChI is InChI=1S/C20H17Br2N3O3/c1-11(24-15-7-6-12-4-2-3-5-13(12)8-15)20(28)25-23-10-14-9-16(21)19(27)17(22)18(14)26/h2-11,24,26-27H,1H3,(H,25,28)/b23-10+. The summed E-state index contributed by atoms with van der Waals surface area (Å²) < 4.78 is 0.525. The summed E-state index contributed by atoms with van der Waals surface area (Å²) in [4.78, 5) is 12.3. The van der Waals surface area contributed by atoms with E-state index >= 15 is 0 Å². The molecule has 3 rings (SSSR count). The zero-order valence-corrected chi connectivity index (χ0v) is 18.0. The lowest BCUT2D eigenvalue weighted by Gasteiger charge is -2.14. The van der Waals surface area contributed by atoms with E-state index in [2.05, 4.69) is 47.7 Å². The summed E-state index contributed by atoms with van der Waals surface area (Å²) >= 11 is 6.27. The largest absolute Gasteiger partial charge is 0.506 e. The SMILES string of the molecule is CC(Nc1ccc2ccccc2c1)C(=O)N/N=C/c1cc(Br)c(O)c(Br)c1O. The topological polar surface area (TPSA) is 94.0 Å². The van der Waals surface area contributed by atoms with Gasteiger partial charge in [0, 0.05) is 11.3 Å². The van der Waals surface area contributed by atoms with Crippen LogP contribution in [-0.4, -0.2) is 28.4 Å². The molecule has 0 spiro atoms. The van der Waals surface area contributed by atoms with Gasteiger partial charge in [0.15, 0.2) is 0 Å². The predicted molar refractivity (Wildman–Crippen MR) is 118 cm³/mol. The lowest BCUT2D eigenvalue weighted by Crippen LogP contribution is -2.34. The first kappa shape index (κ1) is 20.2. The Hall–Kier alpha value is -2.58. The number of amides is 1. The van der Waals surface area contributed by atoms with E-state index in [1.54, 1.807) is 6.92 Å². The number of rotatable bonds is 5. The Bertz CT molecular complexity index is 1070. The van der Waals surface area contributed by atoms with Crippen LogP contribution in [0, 0.1) is 0 Å². The van der Waals surface area contributed by atoms with Gasteiger partial charge in [-0.05, 0) is 67.8 Å². The molecule has 3 aromatic rings. The van der Waals surface area contributed by atoms with Crippen LogP contribution in [0.15, 0.2) is 62.6 Å². The summed E-state index contributed by atoms with van der Waals surface area (Å²) in [5.41, 5.74) is 3.59. The third-order valence-corrected chi connectivity index (χ3v) is 5.46. The molecular formula is C20H17Br2N3O3. The number of hydrazone groups is 1. The number of hydrogen-bond donors (Lipinski definition) is 4. The molecule has 28 heavy (non-hydrogen) atoms. The fourth-order valence-corrected chi connectivity index (χ4v) is 3.73. The maximum Gasteiger partial charge on any atom is 0.262 e. The molecule has 0 saturated carbocycles. The molecule has 0 bridgehead atoms. The number of nitrogens with zero attached hydrogens (tertiary/aromatic N) is 1. The minimum Gasteiger partial charge on any atom is -0.506 e. The highest BCUT2D eigenvalue weighted by atomic mass is 79.9. The van der Waals surface area contributed by atoms with Gasteiger partial charge in [-0.2, -0.15) is 5.10 Å². The monoisotopic (exact) mass is 505 g/mol. The second-order valence-corrected chi connectivity index (χ2v) is 7.77. The number of benzene rings is 3. The summed E-state index contributed by atoms with van der Waals surface area (Å²) in [6, 6.07) is 14.8. The average Bonchev–Trinajstić information content (AvgIpc) is 2.69. The first-order valence-electron chi connectivity index (χ1n) is 8.35. The van der Waals surface area contributed by atoms with Crippen LogP contribution in [0.1, 0.15) is 12.5 Å². The minimum absolute atomic E-state index is 0.119. The molecular weight excluding hydrogens is 490 g/mol. The number of phenols is 2. The maximum absolute atomic E-state index is 12.3. The van der Waals surface area contributed by atoms with Crippen molar-refractivity contribution in [1.82, 2.24) is 5.43 Å². The summed E-state index contributed by atoms with van der Waals surface area (Å²) in [7, 11) is 0. The number of anilines is 1. The Morgan fingerprint density at radius 2 is 1.79 bits per heavy atom. The number of fused-ring (bicyclic) bond motifs is 1. The molecule has 0 aromatic heterocycles. The third-order valence-electron chi connectivity index (χ3n) is 4.10. The van der Waals surface area contributed by atoms with E-state index in [0.29, 0.717) is 10.0 Å². The highest BCUT2D eigenvalue weighted by Gasteiger charge is 2.14. The van der Waals surface area contributed by atoms with E-state index < -0.39 is 6.04 Å². The molecule has 0 aliphatic heterocycles. The van der Waals surface area contributed by atoms with Gasteiger partial charge in [-0.25, -0.2) is 5.43 Å². The highest BCUT2D eigenvalue weighted by molar-refractivity contribution is 9.11. The van der Waals surface area contributed by atoms with E-state index in [9.17, 15) is 15.0 Å². The van der Waals surface area contributed by atoms with Crippen LogP contribution in [0.2, 0.25) is 0 Å². The van der Waals surface area contributed by atoms with Crippen molar-refractivity contribution in [2.75, 3.05) is 5.32 Å². The quantitative estimate of drug-likeness (QED) is 0.297. The fraction of sp³-hybridized carbons (Fsp3) is 0.100. The van der Waals surface area contributed by atoms with Gasteiger partial charge in [0.2, 0.25) is 0 Å². The number of halogens is 2. The Labute approximate surface area is 178 Å². The summed E-state index contributed by atoms with van der Waals surface area (Å²) in [5.74, 6) is -0.631. The summed E-state index contributed by atoms with van der Waals surface area (Å²) in [6.07, 6.45) is 1.30. The van der Waals surface area contributed by atoms with Gasteiger partial charge in [-0.15, -0.1) is 0 Å². The van der Waals surface area contributed by atoms with Crippen molar-refractivity contribution < 1.29 is 15.0 Å². The lowest BCUT2D eigenvalue weighted by molar-refractivity contribution is -0.121. The van der Waals surface area contributed by atoms with Crippen molar-refractivity contribution >= 4 is 60.4 Å². The molecule has 0 aliphatic rings. The van der Waals surface area contributed by atoms with Crippen LogP contribution >= 0.6 is 31.9 Å². The molecule has 4 N–H and O–H groups in total. The zero-order valence-electron chi connectivity index (χ0n) is 14.8. The minimum atomic E-state index is -0.523. The normalized spacial score (nSPS) is 12.2. The molecule has 144 valence electrons. The van der Waals surface area contributed by atoms with Gasteiger partial charge in [0.1, 0.15) is 22.0 Å². The Balaban J connectivity index is 1.65. The van der Waals surface area contributed by atoms with E-state index in [4.69, 9.17) is 0 Å². The summed E-state index contributed by atoms with van der Waals surface area (Å²) in [5, 5.41) is 29.0. The molecule has 0 radical (unpaired) electrons. The highest BCUT2D eigenvalue weighted by Crippen LogP contribution is 2.40. The van der Waals surface area contributed by atoms with Crippen molar-refractivity contribution in [2.24, 2.45) is 5.10 Å². The van der Waals surface area contributed by atoms with Gasteiger partial charge < -0.3 is 15.5 Å². The van der Waals surface area contributed by atoms with Crippen LogP contribution in [-0.2, 0) is 4.79 Å². The molecule has 6 nitrogen and oxygen atoms in total. The number of nitrogens with one attached hydrogen (secondary N) is 2. The van der Waals surface area contributed by atoms with Crippen LogP contribution in [0.5, 0.6) is 11.5 Å². The molecule has 0 saturated heterocycles. The summed E-state index contributed by atoms with van der Waals surface area (Å²) in [6.45, 7) is 1.73. The van der Waals surface area contributed by atoms with Gasteiger partial charge in [-0.1, -0.05) is 30.3 Å². The van der Waals surface area contributed by atoms with Crippen molar-refractivity contribution in [3.8, 4) is 11.5 Å². The van der Waals surface area contributed by atoms with Gasteiger partial charge >= 0.3 is 0 Å². The van der Waals surface area contributed by atoms with Crippen molar-refractivity contribution in [3.05, 3.63) is 63.0 Å². The smallest absolute Gasteiger partial charge is 0.262 e. The first-order chi connectivity index (χ1) is 13.4. The molecule has 1 amide bonds. The van der Waals surface area contributed by atoms with Gasteiger partial charge in [0.25, 0.3) is 5.91 Å². The second kappa shape index (κ2) is 8.62. The predicted octanol–water partition coefficient (Wildman–Crippen LogP) is 4.73. The Morgan fingerprint density at radius 1 is 1.07 bits per heavy atom. The molecule has 1 unspecified atom stereocenters. The van der Waals surface area contributed by atoms with Crippen LogP contribution in [0.4, 0.5) is 5.69 Å². The average molecular weight is 507 g/mol. The maximum atomic E-state index is 12.3. The fourth-order valence-electron chi connectivity index (χ4n) is 2.57. The van der Waals surface area contributed by atoms with Crippen LogP contribution in [0.3, 0.4) is 0 Å². The number of carbonyl (C=O) groups is 1. The van der Waals surface area contributed by atoms with Crippen molar-refractivity contribution in [1.29, 1.82) is 0 Å². The lowest BCUT2D eigenvalue weighted by atomic mass is 10.1. The molecule has 3 aromatic carbocycles. The first-order valence-corrected chi connectivity index (χ1v) is 9.93. The molecule has 0 fully saturated rings. The van der Waals surface area contributed by atoms with E-state index in [1.165, 1.54) is 12.3 Å². The Morgan fingerprint density at radius 3 is 2.54 bits per heavy atom. The number of aromatic hydroxyl groups is 2. The number of hydrogen-bond acceptors (Lipinski definition) is 5. The second-order valence-electron chi connectivity index (χ2n) is 6.12. The van der Waals surface area contributed by atoms with E-state index in [-0.39, 0.29) is 21.9 Å². The van der Waals surface area contributed by atoms with Gasteiger partial charge in [0.05, 0.1) is 10.7 Å². The third kappa shape index (κ3) is 4.45. The Kier molecular flexibility index (Phi) is 6.21. The van der Waals surface area contributed by atoms with Crippen LogP contribution in [0.25, 0.3) is 10.8 Å². The molecule has 1 atom stereocenters. The van der Waals surface area contributed by atoms with Crippen molar-refractivity contribution in [2.45, 2.75) is 13.0 Å². The van der Waals surface area contributed by atoms with Crippen molar-refractivity contribution in [3.63, 3.8) is 0 Å². The van der Waals surface area contributed by atoms with Gasteiger partial charge in [-0.3, -0.25) is 4.79 Å². The zero-order chi connectivity index (χ0) is 20.3. The van der Waals surface area contributed by atoms with E-state index in [0.717, 1.165) is 16.5 Å². The molecule has 0 heterocycles. The number of phenolic OH excluding ortho intramolecular Hbond substituents is 2. The van der Waals surface area contributed by atoms with E-state index in [1.807, 2.05) is 42.5 Å². The van der Waals surface area contributed by atoms with Crippen LogP contribution < -0.4 is 10.7 Å². The molecule has 8 heteroatoms.